The number of β-lactam (4-membered cyclic amide) rings is 1. The number of rotatable bonds is 15. The molecule has 2 aliphatic rings. The number of halogens is 1. The number of aromatic nitrogens is 5. The summed E-state index contributed by atoms with van der Waals surface area (Å²) in [6.45, 7) is -0.287. The maximum Gasteiger partial charge on any atom is 0.356 e. The number of hydrogen-bond acceptors (Lipinski definition) is 14. The minimum atomic E-state index is -0.981. The lowest BCUT2D eigenvalue weighted by Crippen LogP contribution is -2.70. The predicted octanol–water partition coefficient (Wildman–Crippen LogP) is 6.40. The summed E-state index contributed by atoms with van der Waals surface area (Å²) in [5.74, 6) is -1.98. The summed E-state index contributed by atoms with van der Waals surface area (Å²) < 4.78 is 13.6. The van der Waals surface area contributed by atoms with Crippen LogP contribution < -0.4 is 11.1 Å². The molecule has 1 unspecified atom stereocenters. The second kappa shape index (κ2) is 19.0. The SMILES string of the molecule is Nc1nc(C(=CCl)C(=O)NC2C(=O)N3C(C(=O)OC(c4ccccc4)c4ccccc4)=C(CSc4nnnn4CC(=O)OC(c4ccccc4)c4ccccc4)CS[C@H]23)cs1. The van der Waals surface area contributed by atoms with E-state index >= 15 is 0 Å². The molecule has 1 saturated heterocycles. The number of hydrogen-bond donors (Lipinski definition) is 2. The number of nitrogens with zero attached hydrogens (tertiary/aromatic N) is 6. The molecule has 8 rings (SSSR count). The first-order valence-corrected chi connectivity index (χ1v) is 22.1. The van der Waals surface area contributed by atoms with Gasteiger partial charge in [-0.3, -0.25) is 19.3 Å². The van der Waals surface area contributed by atoms with Gasteiger partial charge < -0.3 is 20.5 Å². The van der Waals surface area contributed by atoms with Crippen molar-refractivity contribution in [2.24, 2.45) is 0 Å². The van der Waals surface area contributed by atoms with Crippen LogP contribution in [0.5, 0.6) is 0 Å². The van der Waals surface area contributed by atoms with Gasteiger partial charge in [0, 0.05) is 22.4 Å². The van der Waals surface area contributed by atoms with E-state index in [1.807, 2.05) is 121 Å². The van der Waals surface area contributed by atoms with Crippen molar-refractivity contribution in [3.63, 3.8) is 0 Å². The Hall–Kier alpha value is -6.27. The van der Waals surface area contributed by atoms with Crippen LogP contribution in [0.25, 0.3) is 5.57 Å². The number of nitrogens with one attached hydrogen (secondary N) is 1. The van der Waals surface area contributed by atoms with Crippen LogP contribution in [0.4, 0.5) is 5.13 Å². The van der Waals surface area contributed by atoms with E-state index in [1.54, 1.807) is 5.38 Å². The van der Waals surface area contributed by atoms with Gasteiger partial charge in [0.15, 0.2) is 17.3 Å². The fraction of sp³-hybridized carbons (Fsp3) is 0.163. The third-order valence-corrected chi connectivity index (χ3v) is 13.0. The minimum Gasteiger partial charge on any atom is -0.451 e. The number of thiazole rings is 1. The summed E-state index contributed by atoms with van der Waals surface area (Å²) in [6.07, 6.45) is -1.46. The number of ether oxygens (including phenoxy) is 2. The molecule has 1 fully saturated rings. The lowest BCUT2D eigenvalue weighted by atomic mass is 10.0. The number of benzene rings is 4. The van der Waals surface area contributed by atoms with Crippen molar-refractivity contribution in [3.8, 4) is 0 Å². The highest BCUT2D eigenvalue weighted by molar-refractivity contribution is 8.01. The molecule has 0 aliphatic carbocycles. The molecule has 4 heterocycles. The molecule has 0 saturated carbocycles. The Kier molecular flexibility index (Phi) is 12.9. The lowest BCUT2D eigenvalue weighted by Gasteiger charge is -2.49. The predicted molar refractivity (Wildman–Crippen MR) is 233 cm³/mol. The van der Waals surface area contributed by atoms with Crippen molar-refractivity contribution < 1.29 is 28.7 Å². The van der Waals surface area contributed by atoms with E-state index in [1.165, 1.54) is 33.1 Å². The molecule has 2 amide bonds. The Balaban J connectivity index is 1.04. The van der Waals surface area contributed by atoms with E-state index in [9.17, 15) is 19.2 Å². The molecular weight excluding hydrogens is 856 g/mol. The smallest absolute Gasteiger partial charge is 0.356 e. The van der Waals surface area contributed by atoms with Crippen molar-refractivity contribution in [1.29, 1.82) is 0 Å². The number of tetrazole rings is 1. The van der Waals surface area contributed by atoms with Crippen molar-refractivity contribution in [2.75, 3.05) is 17.2 Å². The first-order chi connectivity index (χ1) is 29.8. The van der Waals surface area contributed by atoms with E-state index in [0.29, 0.717) is 11.3 Å². The normalized spacial score (nSPS) is 16.3. The van der Waals surface area contributed by atoms with Gasteiger partial charge in [-0.1, -0.05) is 145 Å². The lowest BCUT2D eigenvalue weighted by molar-refractivity contribution is -0.154. The van der Waals surface area contributed by atoms with Gasteiger partial charge in [0.25, 0.3) is 11.8 Å². The zero-order valence-electron chi connectivity index (χ0n) is 31.9. The Labute approximate surface area is 367 Å². The summed E-state index contributed by atoms with van der Waals surface area (Å²) in [5.41, 5.74) is 10.9. The van der Waals surface area contributed by atoms with E-state index in [0.717, 1.165) is 39.1 Å². The van der Waals surface area contributed by atoms with Gasteiger partial charge in [0.2, 0.25) is 5.16 Å². The topological polar surface area (TPSA) is 185 Å². The van der Waals surface area contributed by atoms with Crippen LogP contribution in [0.15, 0.2) is 149 Å². The fourth-order valence-corrected chi connectivity index (χ4v) is 9.94. The zero-order chi connectivity index (χ0) is 42.3. The highest BCUT2D eigenvalue weighted by atomic mass is 35.5. The number of thioether (sulfide) groups is 2. The summed E-state index contributed by atoms with van der Waals surface area (Å²) in [4.78, 5) is 61.0. The van der Waals surface area contributed by atoms with Gasteiger partial charge >= 0.3 is 11.9 Å². The minimum absolute atomic E-state index is 0.0414. The van der Waals surface area contributed by atoms with Crippen LogP contribution in [0.3, 0.4) is 0 Å². The Bertz CT molecular complexity index is 2520. The third-order valence-electron chi connectivity index (χ3n) is 9.72. The second-order valence-electron chi connectivity index (χ2n) is 13.6. The Morgan fingerprint density at radius 3 is 1.95 bits per heavy atom. The second-order valence-corrected chi connectivity index (χ2v) is 16.8. The standard InChI is InChI=1S/C43H35ClN8O6S3/c44-21-31(32-25-60-42(45)46-32)38(54)47-34-39(55)52-35(41(56)58-37(28-17-9-3-10-18-28)29-19-11-4-12-20-29)30(23-59-40(34)52)24-61-43-48-49-50-51(43)22-33(53)57-36(26-13-5-1-6-14-26)27-15-7-2-8-16-27/h1-21,25,34,36-37,40H,22-24H2,(H2,45,46)(H,47,54)/t34?,40-/m1/s1. The molecule has 2 aromatic heterocycles. The number of nitrogens with two attached hydrogens (primary N) is 1. The summed E-state index contributed by atoms with van der Waals surface area (Å²) >= 11 is 9.74. The molecule has 3 N–H and O–H groups in total. The fourth-order valence-electron chi connectivity index (χ4n) is 6.81. The number of esters is 2. The molecule has 308 valence electrons. The molecule has 4 aromatic carbocycles. The number of fused-ring (bicyclic) bond motifs is 1. The number of anilines is 1. The average molecular weight is 891 g/mol. The van der Waals surface area contributed by atoms with E-state index in [2.05, 4.69) is 25.8 Å². The van der Waals surface area contributed by atoms with E-state index < -0.39 is 47.4 Å². The van der Waals surface area contributed by atoms with Gasteiger partial charge in [-0.15, -0.1) is 28.2 Å². The van der Waals surface area contributed by atoms with Gasteiger partial charge in [-0.25, -0.2) is 14.5 Å². The molecule has 61 heavy (non-hydrogen) atoms. The molecule has 6 aromatic rings. The summed E-state index contributed by atoms with van der Waals surface area (Å²) in [7, 11) is 0. The van der Waals surface area contributed by atoms with Crippen LogP contribution in [0.2, 0.25) is 0 Å². The monoisotopic (exact) mass is 890 g/mol. The number of carbonyl (C=O) groups excluding carboxylic acids is 4. The van der Waals surface area contributed by atoms with Crippen LogP contribution in [0, 0.1) is 0 Å². The molecular formula is C43H35ClN8O6S3. The van der Waals surface area contributed by atoms with Gasteiger partial charge in [-0.2, -0.15) is 0 Å². The van der Waals surface area contributed by atoms with Crippen molar-refractivity contribution >= 4 is 80.9 Å². The van der Waals surface area contributed by atoms with E-state index in [4.69, 9.17) is 26.8 Å². The quantitative estimate of drug-likeness (QED) is 0.0500. The average Bonchev–Trinajstić information content (AvgIpc) is 3.94. The molecule has 2 atom stereocenters. The maximum atomic E-state index is 14.6. The van der Waals surface area contributed by atoms with Gasteiger partial charge in [0.05, 0.1) is 11.3 Å². The molecule has 18 heteroatoms. The molecule has 0 radical (unpaired) electrons. The maximum absolute atomic E-state index is 14.6. The van der Waals surface area contributed by atoms with Crippen molar-refractivity contribution in [1.82, 2.24) is 35.4 Å². The van der Waals surface area contributed by atoms with Crippen molar-refractivity contribution in [2.45, 2.75) is 35.3 Å². The molecule has 14 nitrogen and oxygen atoms in total. The highest BCUT2D eigenvalue weighted by Crippen LogP contribution is 2.43. The zero-order valence-corrected chi connectivity index (χ0v) is 35.2. The van der Waals surface area contributed by atoms with Crippen LogP contribution in [-0.2, 0) is 35.2 Å². The summed E-state index contributed by atoms with van der Waals surface area (Å²) in [5, 5.41) is 16.3. The molecule has 0 bridgehead atoms. The van der Waals surface area contributed by atoms with Crippen molar-refractivity contribution in [3.05, 3.63) is 171 Å². The number of amides is 2. The Morgan fingerprint density at radius 2 is 1.43 bits per heavy atom. The molecule has 2 aliphatic heterocycles. The summed E-state index contributed by atoms with van der Waals surface area (Å²) in [6, 6.07) is 36.5. The molecule has 0 spiro atoms. The Morgan fingerprint density at radius 1 is 0.869 bits per heavy atom. The van der Waals surface area contributed by atoms with E-state index in [-0.39, 0.29) is 39.5 Å². The van der Waals surface area contributed by atoms with Crippen LogP contribution >= 0.6 is 46.5 Å². The first-order valence-electron chi connectivity index (χ1n) is 18.8. The highest BCUT2D eigenvalue weighted by Gasteiger charge is 2.55. The first kappa shape index (κ1) is 41.5. The van der Waals surface area contributed by atoms with Gasteiger partial charge in [-0.05, 0) is 38.3 Å². The van der Waals surface area contributed by atoms with Crippen LogP contribution in [-0.4, -0.2) is 76.8 Å². The third kappa shape index (κ3) is 9.24. The largest absolute Gasteiger partial charge is 0.451 e. The number of carbonyl (C=O) groups is 4. The van der Waals surface area contributed by atoms with Crippen LogP contribution in [0.1, 0.15) is 40.2 Å². The number of nitrogen functional groups attached to an aromatic ring is 1. The van der Waals surface area contributed by atoms with Gasteiger partial charge in [0.1, 0.15) is 23.7 Å².